The van der Waals surface area contributed by atoms with Crippen LogP contribution in [-0.4, -0.2) is 0 Å². The van der Waals surface area contributed by atoms with E-state index in [0.29, 0.717) is 5.92 Å². The smallest absolute Gasteiger partial charge is 0.142 e. The number of benzene rings is 3. The van der Waals surface area contributed by atoms with Crippen molar-refractivity contribution >= 4 is 0 Å². The van der Waals surface area contributed by atoms with E-state index >= 15 is 0 Å². The minimum atomic E-state index is -0.563. The number of halogens is 2. The first-order valence-corrected chi connectivity index (χ1v) is 12.9. The quantitative estimate of drug-likeness (QED) is 0.240. The molecule has 0 saturated heterocycles. The van der Waals surface area contributed by atoms with Gasteiger partial charge in [-0.3, -0.25) is 0 Å². The first kappa shape index (κ1) is 24.9. The third kappa shape index (κ3) is 6.49. The van der Waals surface area contributed by atoms with Gasteiger partial charge in [-0.05, 0) is 103 Å². The van der Waals surface area contributed by atoms with Gasteiger partial charge in [0.25, 0.3) is 0 Å². The first-order valence-electron chi connectivity index (χ1n) is 12.9. The fourth-order valence-electron chi connectivity index (χ4n) is 5.11. The second kappa shape index (κ2) is 12.0. The van der Waals surface area contributed by atoms with E-state index in [0.717, 1.165) is 62.5 Å². The molecule has 0 nitrogen and oxygen atoms in total. The number of hydrogen-bond donors (Lipinski definition) is 0. The van der Waals surface area contributed by atoms with Crippen LogP contribution in [0.3, 0.4) is 0 Å². The second-order valence-corrected chi connectivity index (χ2v) is 9.67. The Bertz CT molecular complexity index is 1160. The molecule has 0 unspecified atom stereocenters. The van der Waals surface area contributed by atoms with Crippen LogP contribution in [0.2, 0.25) is 0 Å². The first-order chi connectivity index (χ1) is 17.1. The molecule has 3 aromatic carbocycles. The maximum atomic E-state index is 14.9. The number of hydrogen-bond acceptors (Lipinski definition) is 0. The van der Waals surface area contributed by atoms with Crippen molar-refractivity contribution in [3.05, 3.63) is 118 Å². The Labute approximate surface area is 209 Å². The maximum absolute atomic E-state index is 14.9. The van der Waals surface area contributed by atoms with Crippen LogP contribution in [0.15, 0.2) is 73.3 Å². The Morgan fingerprint density at radius 1 is 0.771 bits per heavy atom. The highest BCUT2D eigenvalue weighted by Crippen LogP contribution is 2.41. The summed E-state index contributed by atoms with van der Waals surface area (Å²) in [5.74, 6) is 5.22. The van der Waals surface area contributed by atoms with Crippen LogP contribution < -0.4 is 0 Å². The zero-order valence-electron chi connectivity index (χ0n) is 20.6. The zero-order valence-corrected chi connectivity index (χ0v) is 20.6. The Hall–Kier alpha value is -3.18. The molecule has 0 atom stereocenters. The molecule has 0 amide bonds. The average molecular weight is 469 g/mol. The predicted molar refractivity (Wildman–Crippen MR) is 142 cm³/mol. The van der Waals surface area contributed by atoms with E-state index in [1.165, 1.54) is 28.8 Å². The van der Waals surface area contributed by atoms with E-state index in [4.69, 9.17) is 0 Å². The van der Waals surface area contributed by atoms with E-state index in [9.17, 15) is 8.78 Å². The summed E-state index contributed by atoms with van der Waals surface area (Å²) in [6, 6.07) is 19.8. The van der Waals surface area contributed by atoms with Crippen LogP contribution in [0, 0.1) is 23.5 Å². The molecule has 3 aromatic rings. The van der Waals surface area contributed by atoms with Crippen LogP contribution >= 0.6 is 0 Å². The van der Waals surface area contributed by atoms with Gasteiger partial charge < -0.3 is 0 Å². The Morgan fingerprint density at radius 3 is 1.89 bits per heavy atom. The summed E-state index contributed by atoms with van der Waals surface area (Å²) in [6.45, 7) is 5.93. The van der Waals surface area contributed by atoms with Gasteiger partial charge in [-0.15, -0.1) is 6.58 Å². The van der Waals surface area contributed by atoms with Crippen molar-refractivity contribution in [1.82, 2.24) is 0 Å². The minimum Gasteiger partial charge on any atom is -0.206 e. The van der Waals surface area contributed by atoms with Gasteiger partial charge in [0.05, 0.1) is 5.56 Å². The highest BCUT2D eigenvalue weighted by atomic mass is 19.1. The van der Waals surface area contributed by atoms with Gasteiger partial charge in [0.1, 0.15) is 11.6 Å². The van der Waals surface area contributed by atoms with Crippen molar-refractivity contribution in [1.29, 1.82) is 0 Å². The van der Waals surface area contributed by atoms with E-state index in [-0.39, 0.29) is 11.5 Å². The van der Waals surface area contributed by atoms with E-state index in [1.807, 2.05) is 30.3 Å². The molecule has 0 bridgehead atoms. The molecule has 1 saturated carbocycles. The predicted octanol–water partition coefficient (Wildman–Crippen LogP) is 8.88. The lowest BCUT2D eigenvalue weighted by Gasteiger charge is -2.29. The molecule has 2 heteroatoms. The van der Waals surface area contributed by atoms with E-state index in [2.05, 4.69) is 49.6 Å². The number of allylic oxidation sites excluding steroid dienone is 1. The molecule has 4 rings (SSSR count). The van der Waals surface area contributed by atoms with Crippen molar-refractivity contribution in [3.8, 4) is 11.8 Å². The maximum Gasteiger partial charge on any atom is 0.142 e. The topological polar surface area (TPSA) is 0 Å². The Balaban J connectivity index is 1.40. The molecular weight excluding hydrogens is 434 g/mol. The van der Waals surface area contributed by atoms with Gasteiger partial charge >= 0.3 is 0 Å². The summed E-state index contributed by atoms with van der Waals surface area (Å²) in [5.41, 5.74) is 5.33. The SMILES string of the molecule is C=CCCc1ccc(C2CCC(c3cc(F)c(C#Cc4ccc(CCC)cc4)c(F)c3)CC2)cc1. The highest BCUT2D eigenvalue weighted by Gasteiger charge is 2.25. The summed E-state index contributed by atoms with van der Waals surface area (Å²) in [5, 5.41) is 0. The summed E-state index contributed by atoms with van der Waals surface area (Å²) in [7, 11) is 0. The molecule has 0 aromatic heterocycles. The number of rotatable bonds is 7. The van der Waals surface area contributed by atoms with Crippen molar-refractivity contribution in [3.63, 3.8) is 0 Å². The second-order valence-electron chi connectivity index (χ2n) is 9.67. The van der Waals surface area contributed by atoms with Crippen LogP contribution in [0.5, 0.6) is 0 Å². The van der Waals surface area contributed by atoms with Gasteiger partial charge in [0.15, 0.2) is 0 Å². The van der Waals surface area contributed by atoms with Crippen LogP contribution in [0.1, 0.15) is 90.7 Å². The summed E-state index contributed by atoms with van der Waals surface area (Å²) < 4.78 is 29.7. The average Bonchev–Trinajstić information content (AvgIpc) is 2.88. The molecule has 0 spiro atoms. The molecule has 35 heavy (non-hydrogen) atoms. The van der Waals surface area contributed by atoms with Gasteiger partial charge in [0, 0.05) is 5.56 Å². The minimum absolute atomic E-state index is 0.142. The van der Waals surface area contributed by atoms with Crippen molar-refractivity contribution in [2.24, 2.45) is 0 Å². The Kier molecular flexibility index (Phi) is 8.54. The largest absolute Gasteiger partial charge is 0.206 e. The summed E-state index contributed by atoms with van der Waals surface area (Å²) >= 11 is 0. The molecule has 0 radical (unpaired) electrons. The fraction of sp³-hybridized carbons (Fsp3) is 0.333. The lowest BCUT2D eigenvalue weighted by molar-refractivity contribution is 0.394. The normalized spacial score (nSPS) is 17.5. The van der Waals surface area contributed by atoms with Crippen LogP contribution in [-0.2, 0) is 12.8 Å². The van der Waals surface area contributed by atoms with Crippen LogP contribution in [0.25, 0.3) is 0 Å². The van der Waals surface area contributed by atoms with Crippen LogP contribution in [0.4, 0.5) is 8.78 Å². The van der Waals surface area contributed by atoms with Gasteiger partial charge in [-0.2, -0.15) is 0 Å². The number of aryl methyl sites for hydroxylation is 2. The third-order valence-electron chi connectivity index (χ3n) is 7.18. The Morgan fingerprint density at radius 2 is 1.31 bits per heavy atom. The fourth-order valence-corrected chi connectivity index (χ4v) is 5.11. The summed E-state index contributed by atoms with van der Waals surface area (Å²) in [6.07, 6.45) is 10.0. The molecule has 180 valence electrons. The third-order valence-corrected chi connectivity index (χ3v) is 7.18. The standard InChI is InChI=1S/C33H34F2/c1-3-5-7-25-12-15-27(16-13-25)28-17-19-29(20-18-28)30-22-32(34)31(33(35)23-30)21-14-26-10-8-24(6-4-2)9-11-26/h3,8-13,15-16,22-23,28-29H,1,4-7,17-20H2,2H3. The lowest BCUT2D eigenvalue weighted by Crippen LogP contribution is -2.13. The van der Waals surface area contributed by atoms with E-state index < -0.39 is 11.6 Å². The molecule has 0 N–H and O–H groups in total. The molecule has 1 aliphatic carbocycles. The monoisotopic (exact) mass is 468 g/mol. The molecule has 0 heterocycles. The van der Waals surface area contributed by atoms with Gasteiger partial charge in [-0.1, -0.05) is 67.7 Å². The molecule has 1 aliphatic rings. The van der Waals surface area contributed by atoms with Gasteiger partial charge in [-0.25, -0.2) is 8.78 Å². The molecule has 0 aliphatic heterocycles. The van der Waals surface area contributed by atoms with Gasteiger partial charge in [0.2, 0.25) is 0 Å². The lowest BCUT2D eigenvalue weighted by atomic mass is 9.76. The van der Waals surface area contributed by atoms with Crippen molar-refractivity contribution < 1.29 is 8.78 Å². The van der Waals surface area contributed by atoms with Crippen molar-refractivity contribution in [2.75, 3.05) is 0 Å². The molecule has 1 fully saturated rings. The van der Waals surface area contributed by atoms with Crippen molar-refractivity contribution in [2.45, 2.75) is 70.1 Å². The van der Waals surface area contributed by atoms with E-state index in [1.54, 1.807) is 0 Å². The summed E-state index contributed by atoms with van der Waals surface area (Å²) in [4.78, 5) is 0. The molecular formula is C33H34F2. The highest BCUT2D eigenvalue weighted by molar-refractivity contribution is 5.46. The zero-order chi connectivity index (χ0) is 24.6.